The predicted molar refractivity (Wildman–Crippen MR) is 81.5 cm³/mol. The largest absolute Gasteiger partial charge is 0.290 e. The SMILES string of the molecule is CC(Cc1ccc([O])cc1)NS(=O)(=O)c1ccc(Cl)cc1. The van der Waals surface area contributed by atoms with Crippen LogP contribution in [0.5, 0.6) is 5.75 Å². The van der Waals surface area contributed by atoms with E-state index in [0.717, 1.165) is 5.56 Å². The van der Waals surface area contributed by atoms with Crippen LogP contribution in [-0.2, 0) is 21.6 Å². The van der Waals surface area contributed by atoms with Crippen LogP contribution in [-0.4, -0.2) is 14.5 Å². The maximum absolute atomic E-state index is 12.2. The molecule has 0 amide bonds. The molecule has 1 N–H and O–H groups in total. The van der Waals surface area contributed by atoms with Gasteiger partial charge in [0.05, 0.1) is 4.90 Å². The van der Waals surface area contributed by atoms with Crippen LogP contribution >= 0.6 is 11.6 Å². The Morgan fingerprint density at radius 1 is 1.05 bits per heavy atom. The standard InChI is InChI=1S/C15H15ClNO3S/c1-11(10-12-2-6-14(18)7-3-12)17-21(19,20)15-8-4-13(16)5-9-15/h2-9,11,17H,10H2,1H3. The molecule has 0 aliphatic heterocycles. The summed E-state index contributed by atoms with van der Waals surface area (Å²) in [5.41, 5.74) is 0.904. The Balaban J connectivity index is 2.05. The van der Waals surface area contributed by atoms with Crippen LogP contribution in [0.2, 0.25) is 5.02 Å². The van der Waals surface area contributed by atoms with E-state index in [4.69, 9.17) is 11.6 Å². The Morgan fingerprint density at radius 2 is 1.62 bits per heavy atom. The van der Waals surface area contributed by atoms with Crippen molar-refractivity contribution in [3.05, 3.63) is 59.1 Å². The second-order valence-corrected chi connectivity index (χ2v) is 6.97. The summed E-state index contributed by atoms with van der Waals surface area (Å²) in [6.07, 6.45) is 0.507. The lowest BCUT2D eigenvalue weighted by Gasteiger charge is -2.14. The van der Waals surface area contributed by atoms with Crippen molar-refractivity contribution in [2.75, 3.05) is 0 Å². The van der Waals surface area contributed by atoms with E-state index in [2.05, 4.69) is 4.72 Å². The molecule has 0 heterocycles. The Labute approximate surface area is 129 Å². The smallest absolute Gasteiger partial charge is 0.240 e. The number of rotatable bonds is 5. The second-order valence-electron chi connectivity index (χ2n) is 4.82. The van der Waals surface area contributed by atoms with E-state index in [9.17, 15) is 13.5 Å². The van der Waals surface area contributed by atoms with E-state index in [-0.39, 0.29) is 16.7 Å². The number of benzene rings is 2. The van der Waals surface area contributed by atoms with E-state index >= 15 is 0 Å². The number of hydrogen-bond acceptors (Lipinski definition) is 2. The van der Waals surface area contributed by atoms with Gasteiger partial charge in [-0.1, -0.05) is 23.7 Å². The highest BCUT2D eigenvalue weighted by Crippen LogP contribution is 2.16. The van der Waals surface area contributed by atoms with Crippen LogP contribution in [0.3, 0.4) is 0 Å². The van der Waals surface area contributed by atoms with Crippen molar-refractivity contribution >= 4 is 21.6 Å². The highest BCUT2D eigenvalue weighted by atomic mass is 35.5. The first-order chi connectivity index (χ1) is 9.87. The molecule has 0 bridgehead atoms. The summed E-state index contributed by atoms with van der Waals surface area (Å²) >= 11 is 5.75. The third kappa shape index (κ3) is 4.46. The average molecular weight is 325 g/mol. The van der Waals surface area contributed by atoms with E-state index in [1.54, 1.807) is 19.1 Å². The van der Waals surface area contributed by atoms with Crippen LogP contribution in [0.4, 0.5) is 0 Å². The molecule has 0 fully saturated rings. The Kier molecular flexibility index (Phi) is 4.88. The van der Waals surface area contributed by atoms with Gasteiger partial charge < -0.3 is 0 Å². The van der Waals surface area contributed by atoms with E-state index in [1.807, 2.05) is 0 Å². The molecule has 4 nitrogen and oxygen atoms in total. The number of sulfonamides is 1. The summed E-state index contributed by atoms with van der Waals surface area (Å²) in [6, 6.07) is 12.0. The lowest BCUT2D eigenvalue weighted by atomic mass is 10.1. The van der Waals surface area contributed by atoms with Gasteiger partial charge in [-0.3, -0.25) is 5.11 Å². The van der Waals surface area contributed by atoms with Gasteiger partial charge >= 0.3 is 0 Å². The average Bonchev–Trinajstić information content (AvgIpc) is 2.41. The molecule has 2 aromatic carbocycles. The van der Waals surface area contributed by atoms with Gasteiger partial charge in [0.25, 0.3) is 0 Å². The summed E-state index contributed by atoms with van der Waals surface area (Å²) in [5.74, 6) is -0.0619. The van der Waals surface area contributed by atoms with Gasteiger partial charge in [0.15, 0.2) is 5.75 Å². The maximum Gasteiger partial charge on any atom is 0.240 e. The molecule has 2 aromatic rings. The first-order valence-electron chi connectivity index (χ1n) is 6.41. The van der Waals surface area contributed by atoms with E-state index < -0.39 is 10.0 Å². The molecule has 0 saturated carbocycles. The molecule has 2 rings (SSSR count). The minimum Gasteiger partial charge on any atom is -0.290 e. The third-order valence-corrected chi connectivity index (χ3v) is 4.80. The molecule has 0 aliphatic carbocycles. The molecule has 0 aromatic heterocycles. The fraction of sp³-hybridized carbons (Fsp3) is 0.200. The maximum atomic E-state index is 12.2. The highest BCUT2D eigenvalue weighted by Gasteiger charge is 2.17. The Hall–Kier alpha value is -1.56. The van der Waals surface area contributed by atoms with Crippen molar-refractivity contribution in [3.63, 3.8) is 0 Å². The number of nitrogens with one attached hydrogen (secondary N) is 1. The van der Waals surface area contributed by atoms with Gasteiger partial charge in [-0.25, -0.2) is 13.1 Å². The lowest BCUT2D eigenvalue weighted by molar-refractivity contribution is 0.354. The summed E-state index contributed by atoms with van der Waals surface area (Å²) in [6.45, 7) is 1.78. The summed E-state index contributed by atoms with van der Waals surface area (Å²) in [5, 5.41) is 11.5. The minimum absolute atomic E-state index is 0.0619. The normalized spacial score (nSPS) is 13.0. The summed E-state index contributed by atoms with van der Waals surface area (Å²) in [4.78, 5) is 0.175. The number of hydrogen-bond donors (Lipinski definition) is 1. The van der Waals surface area contributed by atoms with Crippen molar-refractivity contribution < 1.29 is 13.5 Å². The van der Waals surface area contributed by atoms with Gasteiger partial charge in [-0.2, -0.15) is 0 Å². The van der Waals surface area contributed by atoms with Crippen LogP contribution in [0.25, 0.3) is 0 Å². The molecule has 0 aliphatic rings. The zero-order chi connectivity index (χ0) is 15.5. The van der Waals surface area contributed by atoms with Crippen molar-refractivity contribution in [1.82, 2.24) is 4.72 Å². The highest BCUT2D eigenvalue weighted by molar-refractivity contribution is 7.89. The summed E-state index contributed by atoms with van der Waals surface area (Å²) in [7, 11) is -3.57. The zero-order valence-electron chi connectivity index (χ0n) is 11.4. The van der Waals surface area contributed by atoms with Crippen LogP contribution in [0.1, 0.15) is 12.5 Å². The topological polar surface area (TPSA) is 66.1 Å². The Bertz CT molecular complexity index is 697. The molecule has 1 radical (unpaired) electrons. The zero-order valence-corrected chi connectivity index (χ0v) is 13.0. The van der Waals surface area contributed by atoms with Crippen LogP contribution in [0, 0.1) is 0 Å². The molecule has 0 spiro atoms. The molecule has 0 saturated heterocycles. The molecule has 111 valence electrons. The monoisotopic (exact) mass is 324 g/mol. The van der Waals surface area contributed by atoms with Crippen molar-refractivity contribution in [3.8, 4) is 5.75 Å². The van der Waals surface area contributed by atoms with Gasteiger partial charge in [-0.05, 0) is 55.3 Å². The number of halogens is 1. The molecular weight excluding hydrogens is 310 g/mol. The molecular formula is C15H15ClNO3S. The molecule has 21 heavy (non-hydrogen) atoms. The van der Waals surface area contributed by atoms with Crippen LogP contribution in [0.15, 0.2) is 53.4 Å². The van der Waals surface area contributed by atoms with Crippen molar-refractivity contribution in [1.29, 1.82) is 0 Å². The molecule has 1 unspecified atom stereocenters. The molecule has 6 heteroatoms. The molecule has 1 atom stereocenters. The first kappa shape index (κ1) is 15.8. The van der Waals surface area contributed by atoms with Gasteiger partial charge in [0.2, 0.25) is 10.0 Å². The minimum atomic E-state index is -3.57. The van der Waals surface area contributed by atoms with E-state index in [1.165, 1.54) is 36.4 Å². The fourth-order valence-corrected chi connectivity index (χ4v) is 3.34. The van der Waals surface area contributed by atoms with Gasteiger partial charge in [0, 0.05) is 11.1 Å². The fourth-order valence-electron chi connectivity index (χ4n) is 1.97. The van der Waals surface area contributed by atoms with Gasteiger partial charge in [-0.15, -0.1) is 0 Å². The second kappa shape index (κ2) is 6.47. The van der Waals surface area contributed by atoms with E-state index in [0.29, 0.717) is 11.4 Å². The quantitative estimate of drug-likeness (QED) is 0.916. The lowest BCUT2D eigenvalue weighted by Crippen LogP contribution is -2.34. The predicted octanol–water partition coefficient (Wildman–Crippen LogP) is 3.39. The van der Waals surface area contributed by atoms with Crippen LogP contribution < -0.4 is 4.72 Å². The first-order valence-corrected chi connectivity index (χ1v) is 8.27. The van der Waals surface area contributed by atoms with Crippen molar-refractivity contribution in [2.45, 2.75) is 24.3 Å². The summed E-state index contributed by atoms with van der Waals surface area (Å²) < 4.78 is 27.0. The van der Waals surface area contributed by atoms with Crippen molar-refractivity contribution in [2.24, 2.45) is 0 Å². The third-order valence-electron chi connectivity index (χ3n) is 2.95. The van der Waals surface area contributed by atoms with Gasteiger partial charge in [0.1, 0.15) is 0 Å². The Morgan fingerprint density at radius 3 is 2.19 bits per heavy atom.